The van der Waals surface area contributed by atoms with Gasteiger partial charge in [-0.2, -0.15) is 8.42 Å². The van der Waals surface area contributed by atoms with Crippen LogP contribution in [0.2, 0.25) is 0 Å². The molecule has 0 saturated carbocycles. The van der Waals surface area contributed by atoms with Crippen LogP contribution >= 0.6 is 50.3 Å². The minimum absolute atomic E-state index is 0.0167. The largest absolute Gasteiger partial charge is 0.490 e. The van der Waals surface area contributed by atoms with Gasteiger partial charge >= 0.3 is 10.1 Å². The maximum absolute atomic E-state index is 12.9. The molecule has 0 spiro atoms. The number of non-ortho nitro benzene ring substituents is 1. The number of nitrogens with zero attached hydrogens (tertiary/aromatic N) is 2. The molecule has 1 aliphatic rings. The molecule has 0 aliphatic carbocycles. The second-order valence-electron chi connectivity index (χ2n) is 7.99. The molecule has 1 saturated heterocycles. The Balaban J connectivity index is 1.61. The van der Waals surface area contributed by atoms with E-state index in [4.69, 9.17) is 8.92 Å². The zero-order valence-corrected chi connectivity index (χ0v) is 25.7. The number of nitro groups is 1. The maximum atomic E-state index is 12.9. The van der Waals surface area contributed by atoms with Gasteiger partial charge in [0.2, 0.25) is 0 Å². The molecule has 0 bridgehead atoms. The van der Waals surface area contributed by atoms with Crippen LogP contribution in [0.3, 0.4) is 0 Å². The zero-order chi connectivity index (χ0) is 28.3. The van der Waals surface area contributed by atoms with E-state index in [-0.39, 0.29) is 34.6 Å². The Morgan fingerprint density at radius 1 is 1.18 bits per heavy atom. The lowest BCUT2D eigenvalue weighted by Gasteiger charge is -2.14. The number of carbonyl (C=O) groups excluding carboxylic acids is 1. The van der Waals surface area contributed by atoms with Crippen molar-refractivity contribution < 1.29 is 27.1 Å². The predicted octanol–water partition coefficient (Wildman–Crippen LogP) is 6.33. The average molecular weight is 744 g/mol. The number of amidine groups is 1. The number of hydrogen-bond donors (Lipinski definition) is 1. The Labute approximate surface area is 250 Å². The van der Waals surface area contributed by atoms with Crippen LogP contribution in [0.4, 0.5) is 11.4 Å². The van der Waals surface area contributed by atoms with Gasteiger partial charge in [0.15, 0.2) is 16.7 Å². The standard InChI is InChI=1S/C25H19BrIN3O7S2/c1-3-36-21-11-15(10-19(27)23(21)37-39(34,35)17-7-4-14(2)5-8-17)12-22-24(31)29-25(38-22)28-20-9-6-16(30(32)33)13-18(20)26/h4-13H,3H2,1-2H3,(H,28,29,31)/b22-12+. The average Bonchev–Trinajstić information content (AvgIpc) is 3.21. The van der Waals surface area contributed by atoms with E-state index in [0.29, 0.717) is 29.4 Å². The third-order valence-corrected chi connectivity index (χ3v) is 8.73. The fraction of sp³-hybridized carbons (Fsp3) is 0.120. The second-order valence-corrected chi connectivity index (χ2v) is 12.6. The van der Waals surface area contributed by atoms with Gasteiger partial charge in [-0.3, -0.25) is 14.9 Å². The van der Waals surface area contributed by atoms with E-state index in [1.807, 2.05) is 29.5 Å². The van der Waals surface area contributed by atoms with Gasteiger partial charge in [0.05, 0.1) is 30.2 Å². The molecule has 3 aromatic rings. The first kappa shape index (κ1) is 29.0. The lowest BCUT2D eigenvalue weighted by Crippen LogP contribution is -2.19. The summed E-state index contributed by atoms with van der Waals surface area (Å²) in [6.45, 7) is 3.87. The summed E-state index contributed by atoms with van der Waals surface area (Å²) in [5, 5.41) is 13.9. The summed E-state index contributed by atoms with van der Waals surface area (Å²) in [5.74, 6) is -0.125. The van der Waals surface area contributed by atoms with Crippen molar-refractivity contribution in [3.8, 4) is 11.5 Å². The summed E-state index contributed by atoms with van der Waals surface area (Å²) in [5.41, 5.74) is 1.82. The molecule has 1 aliphatic heterocycles. The van der Waals surface area contributed by atoms with Gasteiger partial charge in [-0.05, 0) is 106 Å². The molecule has 0 unspecified atom stereocenters. The van der Waals surface area contributed by atoms with Crippen molar-refractivity contribution >= 4 is 88.9 Å². The number of aryl methyl sites for hydroxylation is 1. The summed E-state index contributed by atoms with van der Waals surface area (Å²) >= 11 is 6.31. The molecule has 3 aromatic carbocycles. The maximum Gasteiger partial charge on any atom is 0.339 e. The summed E-state index contributed by atoms with van der Waals surface area (Å²) in [6.07, 6.45) is 1.62. The van der Waals surface area contributed by atoms with Gasteiger partial charge in [0.25, 0.3) is 11.6 Å². The number of rotatable bonds is 8. The van der Waals surface area contributed by atoms with Crippen LogP contribution in [-0.4, -0.2) is 31.0 Å². The summed E-state index contributed by atoms with van der Waals surface area (Å²) in [6, 6.07) is 13.7. The fourth-order valence-corrected chi connectivity index (χ4v) is 6.45. The number of halogens is 2. The van der Waals surface area contributed by atoms with Gasteiger partial charge in [0.1, 0.15) is 4.90 Å². The van der Waals surface area contributed by atoms with Crippen LogP contribution in [0.15, 0.2) is 73.9 Å². The molecule has 1 heterocycles. The van der Waals surface area contributed by atoms with E-state index in [1.165, 1.54) is 30.3 Å². The van der Waals surface area contributed by atoms with E-state index in [9.17, 15) is 23.3 Å². The number of nitro benzene ring substituents is 1. The van der Waals surface area contributed by atoms with Gasteiger partial charge in [-0.1, -0.05) is 17.7 Å². The zero-order valence-electron chi connectivity index (χ0n) is 20.3. The molecular weight excluding hydrogens is 725 g/mol. The Bertz CT molecular complexity index is 1640. The van der Waals surface area contributed by atoms with Crippen molar-refractivity contribution in [2.45, 2.75) is 18.7 Å². The SMILES string of the molecule is CCOc1cc(/C=C2/SC(=Nc3ccc([N+](=O)[O-])cc3Br)NC2=O)cc(I)c1OS(=O)(=O)c1ccc(C)cc1. The first-order valence-electron chi connectivity index (χ1n) is 11.2. The van der Waals surface area contributed by atoms with Crippen molar-refractivity contribution in [1.82, 2.24) is 5.32 Å². The van der Waals surface area contributed by atoms with Crippen LogP contribution in [0.1, 0.15) is 18.1 Å². The van der Waals surface area contributed by atoms with Crippen molar-refractivity contribution in [1.29, 1.82) is 0 Å². The lowest BCUT2D eigenvalue weighted by atomic mass is 10.2. The minimum atomic E-state index is -4.11. The Kier molecular flexibility index (Phi) is 8.98. The van der Waals surface area contributed by atoms with E-state index < -0.39 is 15.0 Å². The lowest BCUT2D eigenvalue weighted by molar-refractivity contribution is -0.384. The number of aliphatic imine (C=N–C) groups is 1. The van der Waals surface area contributed by atoms with Gasteiger partial charge in [-0.15, -0.1) is 0 Å². The molecule has 1 fully saturated rings. The van der Waals surface area contributed by atoms with E-state index in [0.717, 1.165) is 17.3 Å². The molecule has 39 heavy (non-hydrogen) atoms. The Morgan fingerprint density at radius 3 is 2.54 bits per heavy atom. The molecule has 1 N–H and O–H groups in total. The Hall–Kier alpha value is -2.95. The summed E-state index contributed by atoms with van der Waals surface area (Å²) in [7, 11) is -4.11. The fourth-order valence-electron chi connectivity index (χ4n) is 3.32. The third kappa shape index (κ3) is 6.98. The second kappa shape index (κ2) is 12.1. The van der Waals surface area contributed by atoms with Crippen molar-refractivity contribution in [2.75, 3.05) is 6.61 Å². The number of nitrogens with one attached hydrogen (secondary N) is 1. The van der Waals surface area contributed by atoms with Crippen LogP contribution in [0.25, 0.3) is 6.08 Å². The molecule has 0 radical (unpaired) electrons. The molecule has 14 heteroatoms. The predicted molar refractivity (Wildman–Crippen MR) is 161 cm³/mol. The third-order valence-electron chi connectivity index (χ3n) is 5.15. The quantitative estimate of drug-likeness (QED) is 0.0930. The number of carbonyl (C=O) groups is 1. The van der Waals surface area contributed by atoms with Crippen LogP contribution in [0, 0.1) is 20.6 Å². The number of amides is 1. The first-order chi connectivity index (χ1) is 18.5. The number of hydrogen-bond acceptors (Lipinski definition) is 9. The number of thioether (sulfide) groups is 1. The monoisotopic (exact) mass is 743 g/mol. The molecule has 1 amide bonds. The molecule has 10 nitrogen and oxygen atoms in total. The minimum Gasteiger partial charge on any atom is -0.490 e. The van der Waals surface area contributed by atoms with Crippen molar-refractivity contribution in [2.24, 2.45) is 4.99 Å². The Morgan fingerprint density at radius 2 is 1.90 bits per heavy atom. The van der Waals surface area contributed by atoms with Crippen LogP contribution < -0.4 is 14.2 Å². The smallest absolute Gasteiger partial charge is 0.339 e. The van der Waals surface area contributed by atoms with Gasteiger partial charge in [-0.25, -0.2) is 4.99 Å². The molecular formula is C25H19BrIN3O7S2. The molecule has 4 rings (SSSR count). The van der Waals surface area contributed by atoms with Crippen molar-refractivity contribution in [3.63, 3.8) is 0 Å². The van der Waals surface area contributed by atoms with Crippen LogP contribution in [0.5, 0.6) is 11.5 Å². The highest BCUT2D eigenvalue weighted by atomic mass is 127. The number of ether oxygens (including phenoxy) is 1. The highest BCUT2D eigenvalue weighted by Gasteiger charge is 2.26. The van der Waals surface area contributed by atoms with Gasteiger partial charge < -0.3 is 14.2 Å². The van der Waals surface area contributed by atoms with Crippen LogP contribution in [-0.2, 0) is 14.9 Å². The number of benzene rings is 3. The molecule has 0 aromatic heterocycles. The highest BCUT2D eigenvalue weighted by molar-refractivity contribution is 14.1. The van der Waals surface area contributed by atoms with E-state index in [2.05, 4.69) is 26.2 Å². The molecule has 202 valence electrons. The summed E-state index contributed by atoms with van der Waals surface area (Å²) < 4.78 is 37.8. The van der Waals surface area contributed by atoms with E-state index in [1.54, 1.807) is 37.3 Å². The highest BCUT2D eigenvalue weighted by Crippen LogP contribution is 2.38. The van der Waals surface area contributed by atoms with E-state index >= 15 is 0 Å². The van der Waals surface area contributed by atoms with Crippen molar-refractivity contribution in [3.05, 3.63) is 88.8 Å². The normalized spacial score (nSPS) is 15.4. The molecule has 0 atom stereocenters. The topological polar surface area (TPSA) is 137 Å². The summed E-state index contributed by atoms with van der Waals surface area (Å²) in [4.78, 5) is 27.8. The van der Waals surface area contributed by atoms with Gasteiger partial charge in [0, 0.05) is 12.1 Å². The first-order valence-corrected chi connectivity index (χ1v) is 15.3.